The Bertz CT molecular complexity index is 1330. The fourth-order valence-electron chi connectivity index (χ4n) is 6.49. The lowest BCUT2D eigenvalue weighted by Gasteiger charge is -2.53. The number of nitrogens with zero attached hydrogens (tertiary/aromatic N) is 2. The Morgan fingerprint density at radius 1 is 0.975 bits per heavy atom. The lowest BCUT2D eigenvalue weighted by atomic mass is 9.73. The molecule has 1 atom stereocenters. The first-order chi connectivity index (χ1) is 19.2. The summed E-state index contributed by atoms with van der Waals surface area (Å²) in [5, 5.41) is 3.40. The normalized spacial score (nSPS) is 20.7. The Kier molecular flexibility index (Phi) is 7.21. The lowest BCUT2D eigenvalue weighted by molar-refractivity contribution is -0.150. The van der Waals surface area contributed by atoms with Crippen molar-refractivity contribution in [2.75, 3.05) is 44.2 Å². The van der Waals surface area contributed by atoms with Crippen LogP contribution in [0.15, 0.2) is 60.7 Å². The molecule has 0 radical (unpaired) electrons. The zero-order valence-corrected chi connectivity index (χ0v) is 22.1. The van der Waals surface area contributed by atoms with Crippen LogP contribution in [0.2, 0.25) is 0 Å². The Hall–Kier alpha value is -3.17. The fraction of sp³-hybridized carbons (Fsp3) is 0.419. The maximum atomic E-state index is 15.7. The molecule has 40 heavy (non-hydrogen) atoms. The van der Waals surface area contributed by atoms with E-state index in [9.17, 15) is 13.2 Å². The number of nitrogens with one attached hydrogen (secondary N) is 1. The first-order valence-corrected chi connectivity index (χ1v) is 13.7. The molecule has 3 aromatic carbocycles. The number of ether oxygens (including phenoxy) is 1. The number of rotatable bonds is 6. The van der Waals surface area contributed by atoms with E-state index in [0.717, 1.165) is 42.0 Å². The fourth-order valence-corrected chi connectivity index (χ4v) is 6.49. The van der Waals surface area contributed by atoms with E-state index in [1.807, 2.05) is 35.2 Å². The molecule has 0 aromatic heterocycles. The van der Waals surface area contributed by atoms with E-state index in [0.29, 0.717) is 43.1 Å². The maximum absolute atomic E-state index is 15.7. The first-order valence-electron chi connectivity index (χ1n) is 13.7. The van der Waals surface area contributed by atoms with Gasteiger partial charge in [0.05, 0.1) is 12.6 Å². The van der Waals surface area contributed by atoms with Crippen molar-refractivity contribution in [2.45, 2.75) is 38.1 Å². The third-order valence-corrected chi connectivity index (χ3v) is 8.39. The summed E-state index contributed by atoms with van der Waals surface area (Å²) in [6.07, 6.45) is -2.05. The van der Waals surface area contributed by atoms with Crippen LogP contribution >= 0.6 is 0 Å². The quantitative estimate of drug-likeness (QED) is 0.363. The minimum Gasteiger partial charge on any atom is -0.489 e. The lowest BCUT2D eigenvalue weighted by Crippen LogP contribution is -2.62. The maximum Gasteiger partial charge on any atom is 0.401 e. The minimum absolute atomic E-state index is 0.0155. The van der Waals surface area contributed by atoms with Crippen molar-refractivity contribution in [3.05, 3.63) is 94.6 Å². The van der Waals surface area contributed by atoms with Crippen LogP contribution in [0.1, 0.15) is 41.1 Å². The molecule has 1 unspecified atom stereocenters. The number of anilines is 1. The molecule has 6 rings (SSSR count). The molecule has 1 N–H and O–H groups in total. The number of piperidine rings is 1. The highest BCUT2D eigenvalue weighted by Crippen LogP contribution is 2.44. The molecule has 2 saturated heterocycles. The monoisotopic (exact) mass is 557 g/mol. The molecule has 0 saturated carbocycles. The highest BCUT2D eigenvalue weighted by atomic mass is 19.4. The average molecular weight is 558 g/mol. The molecule has 0 amide bonds. The Labute approximate surface area is 230 Å². The second-order valence-corrected chi connectivity index (χ2v) is 11.3. The van der Waals surface area contributed by atoms with Crippen molar-refractivity contribution < 1.29 is 26.7 Å². The molecule has 1 spiro atoms. The molecule has 3 heterocycles. The van der Waals surface area contributed by atoms with E-state index in [4.69, 9.17) is 4.74 Å². The van der Waals surface area contributed by atoms with Gasteiger partial charge in [-0.2, -0.15) is 13.2 Å². The molecular weight excluding hydrogens is 525 g/mol. The van der Waals surface area contributed by atoms with Gasteiger partial charge in [-0.05, 0) is 66.8 Å². The third-order valence-electron chi connectivity index (χ3n) is 8.39. The number of hydrogen-bond acceptors (Lipinski definition) is 4. The minimum atomic E-state index is -4.51. The predicted octanol–water partition coefficient (Wildman–Crippen LogP) is 6.24. The van der Waals surface area contributed by atoms with Crippen LogP contribution in [0, 0.1) is 17.0 Å². The molecule has 9 heteroatoms. The Morgan fingerprint density at radius 3 is 2.40 bits per heavy atom. The van der Waals surface area contributed by atoms with Crippen molar-refractivity contribution in [2.24, 2.45) is 5.41 Å². The topological polar surface area (TPSA) is 27.7 Å². The van der Waals surface area contributed by atoms with E-state index in [1.54, 1.807) is 18.2 Å². The van der Waals surface area contributed by atoms with E-state index >= 15 is 8.78 Å². The Balaban J connectivity index is 1.29. The van der Waals surface area contributed by atoms with Gasteiger partial charge in [0.15, 0.2) is 0 Å². The van der Waals surface area contributed by atoms with Gasteiger partial charge in [0.25, 0.3) is 0 Å². The zero-order chi connectivity index (χ0) is 27.9. The smallest absolute Gasteiger partial charge is 0.401 e. The van der Waals surface area contributed by atoms with Crippen LogP contribution in [0.3, 0.4) is 0 Å². The molecule has 2 fully saturated rings. The van der Waals surface area contributed by atoms with Gasteiger partial charge in [-0.15, -0.1) is 0 Å². The van der Waals surface area contributed by atoms with Crippen LogP contribution in [0.5, 0.6) is 5.75 Å². The molecule has 3 aromatic rings. The molecule has 212 valence electrons. The summed E-state index contributed by atoms with van der Waals surface area (Å²) in [5.41, 5.74) is 2.37. The molecule has 4 nitrogen and oxygen atoms in total. The second-order valence-electron chi connectivity index (χ2n) is 11.3. The van der Waals surface area contributed by atoms with Gasteiger partial charge in [-0.25, -0.2) is 8.78 Å². The van der Waals surface area contributed by atoms with Gasteiger partial charge >= 0.3 is 6.18 Å². The van der Waals surface area contributed by atoms with Gasteiger partial charge < -0.3 is 15.0 Å². The van der Waals surface area contributed by atoms with Gasteiger partial charge in [0.1, 0.15) is 24.0 Å². The highest BCUT2D eigenvalue weighted by Gasteiger charge is 2.44. The molecule has 0 bridgehead atoms. The van der Waals surface area contributed by atoms with E-state index in [1.165, 1.54) is 12.1 Å². The van der Waals surface area contributed by atoms with Crippen molar-refractivity contribution in [1.29, 1.82) is 0 Å². The van der Waals surface area contributed by atoms with Crippen LogP contribution in [0.4, 0.5) is 27.6 Å². The summed E-state index contributed by atoms with van der Waals surface area (Å²) in [4.78, 5) is 3.07. The SMILES string of the molecule is Fc1cc(N2CC3(CCCNC3)C2)cc(F)c1C1c2ccc(OCc3ccccc3)cc2CCN1CC(F)(F)F. The van der Waals surface area contributed by atoms with E-state index in [-0.39, 0.29) is 17.5 Å². The van der Waals surface area contributed by atoms with E-state index in [2.05, 4.69) is 5.32 Å². The summed E-state index contributed by atoms with van der Waals surface area (Å²) in [6.45, 7) is 2.37. The van der Waals surface area contributed by atoms with Crippen LogP contribution < -0.4 is 15.0 Å². The summed E-state index contributed by atoms with van der Waals surface area (Å²) in [5.74, 6) is -1.09. The molecule has 0 aliphatic carbocycles. The van der Waals surface area contributed by atoms with E-state index < -0.39 is 30.4 Å². The highest BCUT2D eigenvalue weighted by molar-refractivity contribution is 5.54. The molecule has 3 aliphatic heterocycles. The second kappa shape index (κ2) is 10.7. The number of fused-ring (bicyclic) bond motifs is 1. The molecule has 3 aliphatic rings. The van der Waals surface area contributed by atoms with Crippen molar-refractivity contribution in [3.8, 4) is 5.75 Å². The van der Waals surface area contributed by atoms with Crippen molar-refractivity contribution in [3.63, 3.8) is 0 Å². The van der Waals surface area contributed by atoms with Gasteiger partial charge in [-0.1, -0.05) is 36.4 Å². The van der Waals surface area contributed by atoms with Crippen molar-refractivity contribution >= 4 is 5.69 Å². The summed E-state index contributed by atoms with van der Waals surface area (Å²) in [7, 11) is 0. The summed E-state index contributed by atoms with van der Waals surface area (Å²) in [6, 6.07) is 16.0. The van der Waals surface area contributed by atoms with Crippen LogP contribution in [-0.2, 0) is 13.0 Å². The first kappa shape index (κ1) is 27.0. The Morgan fingerprint density at radius 2 is 1.73 bits per heavy atom. The summed E-state index contributed by atoms with van der Waals surface area (Å²) >= 11 is 0. The van der Waals surface area contributed by atoms with Gasteiger partial charge in [0, 0.05) is 42.8 Å². The number of halogens is 5. The largest absolute Gasteiger partial charge is 0.489 e. The van der Waals surface area contributed by atoms with Crippen LogP contribution in [0.25, 0.3) is 0 Å². The van der Waals surface area contributed by atoms with Gasteiger partial charge in [-0.3, -0.25) is 4.90 Å². The van der Waals surface area contributed by atoms with Crippen molar-refractivity contribution in [1.82, 2.24) is 10.2 Å². The number of hydrogen-bond donors (Lipinski definition) is 1. The van der Waals surface area contributed by atoms with Gasteiger partial charge in [0.2, 0.25) is 0 Å². The number of benzene rings is 3. The average Bonchev–Trinajstić information content (AvgIpc) is 2.91. The zero-order valence-electron chi connectivity index (χ0n) is 22.1. The molecular formula is C31H32F5N3O. The predicted molar refractivity (Wildman–Crippen MR) is 143 cm³/mol. The standard InChI is InChI=1S/C31H32F5N3O/c32-26-14-23(39-18-30(19-39)10-4-11-37-17-30)15-27(33)28(26)29-25-8-7-24(40-16-21-5-2-1-3-6-21)13-22(25)9-12-38(29)20-31(34,35)36/h1-3,5-8,13-15,29,37H,4,9-12,16-20H2. The third kappa shape index (κ3) is 5.54. The van der Waals surface area contributed by atoms with Crippen LogP contribution in [-0.4, -0.2) is 50.3 Å². The number of alkyl halides is 3. The summed E-state index contributed by atoms with van der Waals surface area (Å²) < 4.78 is 78.1.